The maximum Gasteiger partial charge on any atom is 0.205 e. The van der Waals surface area contributed by atoms with Crippen LogP contribution >= 0.6 is 0 Å². The third kappa shape index (κ3) is 2.20. The lowest BCUT2D eigenvalue weighted by Gasteiger charge is -2.25. The number of ether oxygens (including phenoxy) is 1. The molecule has 5 nitrogen and oxygen atoms in total. The molecule has 0 unspecified atom stereocenters. The summed E-state index contributed by atoms with van der Waals surface area (Å²) in [6, 6.07) is 15.0. The van der Waals surface area contributed by atoms with Crippen molar-refractivity contribution in [2.45, 2.75) is 19.8 Å². The summed E-state index contributed by atoms with van der Waals surface area (Å²) >= 11 is 0. The van der Waals surface area contributed by atoms with Gasteiger partial charge in [0.15, 0.2) is 5.43 Å². The van der Waals surface area contributed by atoms with Crippen LogP contribution in [0.25, 0.3) is 10.8 Å². The van der Waals surface area contributed by atoms with Gasteiger partial charge in [-0.15, -0.1) is 0 Å². The summed E-state index contributed by atoms with van der Waals surface area (Å²) in [5, 5.41) is 10.7. The van der Waals surface area contributed by atoms with E-state index in [9.17, 15) is 10.1 Å². The van der Waals surface area contributed by atoms with Gasteiger partial charge in [0, 0.05) is 5.56 Å². The molecular formula is C21H16N2O3. The topological polar surface area (TPSA) is 89.2 Å². The van der Waals surface area contributed by atoms with Crippen LogP contribution in [0.15, 0.2) is 63.1 Å². The Labute approximate surface area is 149 Å². The van der Waals surface area contributed by atoms with Crippen LogP contribution in [0.3, 0.4) is 0 Å². The smallest absolute Gasteiger partial charge is 0.205 e. The fraction of sp³-hybridized carbons (Fsp3) is 0.143. The van der Waals surface area contributed by atoms with Crippen molar-refractivity contribution >= 4 is 10.8 Å². The van der Waals surface area contributed by atoms with Gasteiger partial charge in [-0.3, -0.25) is 4.79 Å². The first-order chi connectivity index (χ1) is 12.5. The normalized spacial score (nSPS) is 16.1. The van der Waals surface area contributed by atoms with Crippen LogP contribution in [0.4, 0.5) is 0 Å². The van der Waals surface area contributed by atoms with Crippen LogP contribution in [-0.2, 0) is 0 Å². The third-order valence-corrected chi connectivity index (χ3v) is 4.74. The molecule has 1 aliphatic rings. The van der Waals surface area contributed by atoms with Gasteiger partial charge in [-0.05, 0) is 25.5 Å². The van der Waals surface area contributed by atoms with Gasteiger partial charge in [0.1, 0.15) is 28.9 Å². The highest BCUT2D eigenvalue weighted by Crippen LogP contribution is 2.45. The Balaban J connectivity index is 2.16. The molecule has 0 radical (unpaired) electrons. The van der Waals surface area contributed by atoms with Crippen LogP contribution in [0.1, 0.15) is 28.6 Å². The second-order valence-corrected chi connectivity index (χ2v) is 6.28. The van der Waals surface area contributed by atoms with Crippen LogP contribution in [0.5, 0.6) is 5.75 Å². The molecule has 2 N–H and O–H groups in total. The zero-order valence-corrected chi connectivity index (χ0v) is 14.4. The summed E-state index contributed by atoms with van der Waals surface area (Å²) in [7, 11) is 0. The quantitative estimate of drug-likeness (QED) is 0.728. The molecule has 2 aromatic carbocycles. The van der Waals surface area contributed by atoms with Gasteiger partial charge in [0.25, 0.3) is 0 Å². The van der Waals surface area contributed by atoms with Crippen molar-refractivity contribution in [2.75, 3.05) is 0 Å². The molecule has 0 amide bonds. The number of fused-ring (bicyclic) bond motifs is 3. The monoisotopic (exact) mass is 344 g/mol. The van der Waals surface area contributed by atoms with Crippen LogP contribution < -0.4 is 15.9 Å². The molecule has 1 aliphatic heterocycles. The number of hydrogen-bond acceptors (Lipinski definition) is 5. The number of nitrogens with zero attached hydrogens (tertiary/aromatic N) is 1. The second kappa shape index (κ2) is 5.78. The minimum atomic E-state index is -0.408. The largest absolute Gasteiger partial charge is 0.465 e. The van der Waals surface area contributed by atoms with Crippen molar-refractivity contribution in [3.8, 4) is 11.8 Å². The number of allylic oxidation sites excluding steroid dienone is 1. The fourth-order valence-corrected chi connectivity index (χ4v) is 3.63. The minimum absolute atomic E-state index is 0.0482. The van der Waals surface area contributed by atoms with Crippen molar-refractivity contribution in [3.05, 3.63) is 86.8 Å². The van der Waals surface area contributed by atoms with Crippen LogP contribution in [0, 0.1) is 25.2 Å². The van der Waals surface area contributed by atoms with Crippen molar-refractivity contribution in [1.82, 2.24) is 0 Å². The molecular weight excluding hydrogens is 328 g/mol. The molecule has 0 saturated carbocycles. The van der Waals surface area contributed by atoms with Gasteiger partial charge in [-0.1, -0.05) is 36.4 Å². The Hall–Kier alpha value is -3.52. The van der Waals surface area contributed by atoms with Crippen LogP contribution in [-0.4, -0.2) is 0 Å². The van der Waals surface area contributed by atoms with E-state index in [-0.39, 0.29) is 11.3 Å². The van der Waals surface area contributed by atoms with Crippen molar-refractivity contribution in [1.29, 1.82) is 5.26 Å². The molecule has 0 bridgehead atoms. The number of benzene rings is 1. The van der Waals surface area contributed by atoms with Gasteiger partial charge >= 0.3 is 0 Å². The lowest BCUT2D eigenvalue weighted by atomic mass is 9.84. The summed E-state index contributed by atoms with van der Waals surface area (Å²) < 4.78 is 11.5. The molecule has 1 aromatic heterocycles. The summed E-state index contributed by atoms with van der Waals surface area (Å²) in [4.78, 5) is 12.6. The standard InChI is InChI=1S/C21H16N2O3/c1-11-17-16(24)9-8-14-19(13-6-4-3-5-7-13)15(10-22)21(23)26-20(14)18(17)12(2)25-11/h3-9,19H,23H2,1-2H3/t19-/m1/s1. The molecule has 128 valence electrons. The number of furan rings is 1. The van der Waals surface area contributed by atoms with E-state index in [1.165, 1.54) is 6.07 Å². The van der Waals surface area contributed by atoms with E-state index < -0.39 is 5.92 Å². The molecule has 0 aliphatic carbocycles. The number of nitriles is 1. The van der Waals surface area contributed by atoms with E-state index in [1.54, 1.807) is 19.9 Å². The first kappa shape index (κ1) is 16.0. The van der Waals surface area contributed by atoms with E-state index >= 15 is 0 Å². The third-order valence-electron chi connectivity index (χ3n) is 4.74. The predicted molar refractivity (Wildman–Crippen MR) is 97.7 cm³/mol. The summed E-state index contributed by atoms with van der Waals surface area (Å²) in [5.74, 6) is 1.24. The number of rotatable bonds is 1. The average Bonchev–Trinajstić information content (AvgIpc) is 2.84. The van der Waals surface area contributed by atoms with Crippen molar-refractivity contribution in [2.24, 2.45) is 5.73 Å². The van der Waals surface area contributed by atoms with Crippen molar-refractivity contribution in [3.63, 3.8) is 0 Å². The molecule has 0 saturated heterocycles. The molecule has 0 spiro atoms. The Kier molecular flexibility index (Phi) is 3.55. The predicted octanol–water partition coefficient (Wildman–Crippen LogP) is 3.63. The Morgan fingerprint density at radius 3 is 2.42 bits per heavy atom. The number of hydrogen-bond donors (Lipinski definition) is 1. The summed E-state index contributed by atoms with van der Waals surface area (Å²) in [6.07, 6.45) is 0. The SMILES string of the molecule is Cc1oc(C)c2c(=O)ccc3c(c12)OC(N)=C(C#N)[C@@H]3c1ccccc1. The molecule has 4 rings (SSSR count). The van der Waals surface area contributed by atoms with Crippen LogP contribution in [0.2, 0.25) is 0 Å². The van der Waals surface area contributed by atoms with Gasteiger partial charge in [0.2, 0.25) is 5.88 Å². The molecule has 26 heavy (non-hydrogen) atoms. The number of nitrogens with two attached hydrogens (primary N) is 1. The van der Waals surface area contributed by atoms with E-state index in [0.717, 1.165) is 11.1 Å². The van der Waals surface area contributed by atoms with Crippen molar-refractivity contribution < 1.29 is 9.15 Å². The Morgan fingerprint density at radius 2 is 1.73 bits per heavy atom. The average molecular weight is 344 g/mol. The van der Waals surface area contributed by atoms with Gasteiger partial charge < -0.3 is 14.9 Å². The first-order valence-electron chi connectivity index (χ1n) is 8.22. The zero-order chi connectivity index (χ0) is 18.4. The maximum atomic E-state index is 12.6. The first-order valence-corrected chi connectivity index (χ1v) is 8.22. The van der Waals surface area contributed by atoms with Gasteiger partial charge in [-0.25, -0.2) is 0 Å². The van der Waals surface area contributed by atoms with E-state index in [2.05, 4.69) is 6.07 Å². The lowest BCUT2D eigenvalue weighted by Crippen LogP contribution is -2.20. The molecule has 0 fully saturated rings. The van der Waals surface area contributed by atoms with Gasteiger partial charge in [-0.2, -0.15) is 5.26 Å². The highest BCUT2D eigenvalue weighted by atomic mass is 16.5. The molecule has 3 aromatic rings. The summed E-state index contributed by atoms with van der Waals surface area (Å²) in [6.45, 7) is 3.54. The second-order valence-electron chi connectivity index (χ2n) is 6.28. The summed E-state index contributed by atoms with van der Waals surface area (Å²) in [5.41, 5.74) is 7.88. The highest BCUT2D eigenvalue weighted by molar-refractivity contribution is 5.93. The molecule has 2 heterocycles. The van der Waals surface area contributed by atoms with E-state index in [0.29, 0.717) is 33.6 Å². The van der Waals surface area contributed by atoms with E-state index in [1.807, 2.05) is 30.3 Å². The minimum Gasteiger partial charge on any atom is -0.465 e. The Morgan fingerprint density at radius 1 is 1.04 bits per heavy atom. The number of aryl methyl sites for hydroxylation is 2. The van der Waals surface area contributed by atoms with E-state index in [4.69, 9.17) is 14.9 Å². The highest BCUT2D eigenvalue weighted by Gasteiger charge is 2.32. The fourth-order valence-electron chi connectivity index (χ4n) is 3.63. The van der Waals surface area contributed by atoms with Gasteiger partial charge in [0.05, 0.1) is 16.7 Å². The molecule has 5 heteroatoms. The Bertz CT molecular complexity index is 1170. The zero-order valence-electron chi connectivity index (χ0n) is 14.4. The lowest BCUT2D eigenvalue weighted by molar-refractivity contribution is 0.398. The maximum absolute atomic E-state index is 12.6. The molecule has 1 atom stereocenters.